The molecular weight excluding hydrogens is 381 g/mol. The van der Waals surface area contributed by atoms with E-state index < -0.39 is 11.8 Å². The molecule has 1 heterocycles. The number of hydrogen-bond acceptors (Lipinski definition) is 4. The Morgan fingerprint density at radius 2 is 1.75 bits per heavy atom. The predicted molar refractivity (Wildman–Crippen MR) is 105 cm³/mol. The summed E-state index contributed by atoms with van der Waals surface area (Å²) < 4.78 is 24.8. The standard InChI is InChI=1S/C22H13ClFNO3/c23-15-8-10-16(11-9-15)27-17-5-3-4-14(12-17)13-20-22(26)28-21(25-20)18-6-1-2-7-19(18)24/h1-13H. The molecule has 0 unspecified atom stereocenters. The number of aliphatic imine (C=N–C) groups is 1. The lowest BCUT2D eigenvalue weighted by atomic mass is 10.2. The van der Waals surface area contributed by atoms with Gasteiger partial charge in [-0.1, -0.05) is 35.9 Å². The summed E-state index contributed by atoms with van der Waals surface area (Å²) in [5, 5.41) is 0.620. The van der Waals surface area contributed by atoms with Gasteiger partial charge < -0.3 is 9.47 Å². The average Bonchev–Trinajstić information content (AvgIpc) is 3.04. The van der Waals surface area contributed by atoms with Gasteiger partial charge in [-0.05, 0) is 60.2 Å². The molecule has 0 aromatic heterocycles. The molecule has 0 N–H and O–H groups in total. The molecule has 138 valence electrons. The minimum Gasteiger partial charge on any atom is -0.457 e. The van der Waals surface area contributed by atoms with E-state index in [-0.39, 0.29) is 17.2 Å². The zero-order valence-corrected chi connectivity index (χ0v) is 15.2. The molecule has 6 heteroatoms. The van der Waals surface area contributed by atoms with Crippen LogP contribution in [0.15, 0.2) is 83.5 Å². The molecule has 0 bridgehead atoms. The molecule has 0 saturated heterocycles. The molecule has 3 aromatic carbocycles. The smallest absolute Gasteiger partial charge is 0.363 e. The van der Waals surface area contributed by atoms with Crippen LogP contribution in [0.5, 0.6) is 11.5 Å². The molecule has 0 aliphatic carbocycles. The lowest BCUT2D eigenvalue weighted by Gasteiger charge is -2.06. The molecule has 28 heavy (non-hydrogen) atoms. The van der Waals surface area contributed by atoms with Gasteiger partial charge in [0.2, 0.25) is 5.90 Å². The highest BCUT2D eigenvalue weighted by Crippen LogP contribution is 2.26. The van der Waals surface area contributed by atoms with Crippen LogP contribution >= 0.6 is 11.6 Å². The second kappa shape index (κ2) is 7.66. The molecule has 1 aliphatic rings. The summed E-state index contributed by atoms with van der Waals surface area (Å²) in [4.78, 5) is 16.2. The highest BCUT2D eigenvalue weighted by molar-refractivity contribution is 6.30. The van der Waals surface area contributed by atoms with E-state index in [0.717, 1.165) is 0 Å². The molecule has 1 aliphatic heterocycles. The van der Waals surface area contributed by atoms with E-state index >= 15 is 0 Å². The Bertz CT molecular complexity index is 1110. The number of cyclic esters (lactones) is 1. The van der Waals surface area contributed by atoms with Crippen LogP contribution in [0.25, 0.3) is 6.08 Å². The second-order valence-electron chi connectivity index (χ2n) is 5.94. The minimum absolute atomic E-state index is 0.0529. The molecule has 4 nitrogen and oxygen atoms in total. The summed E-state index contributed by atoms with van der Waals surface area (Å²) in [6.45, 7) is 0. The van der Waals surface area contributed by atoms with Crippen molar-refractivity contribution >= 4 is 29.5 Å². The van der Waals surface area contributed by atoms with Crippen molar-refractivity contribution in [1.29, 1.82) is 0 Å². The van der Waals surface area contributed by atoms with Crippen LogP contribution in [-0.4, -0.2) is 11.9 Å². The predicted octanol–water partition coefficient (Wildman–Crippen LogP) is 5.62. The maximum atomic E-state index is 13.9. The second-order valence-corrected chi connectivity index (χ2v) is 6.38. The number of esters is 1. The zero-order valence-electron chi connectivity index (χ0n) is 14.4. The van der Waals surface area contributed by atoms with Crippen LogP contribution < -0.4 is 4.74 Å². The van der Waals surface area contributed by atoms with E-state index in [0.29, 0.717) is 22.1 Å². The van der Waals surface area contributed by atoms with Gasteiger partial charge in [0.25, 0.3) is 0 Å². The summed E-state index contributed by atoms with van der Waals surface area (Å²) in [5.41, 5.74) is 0.915. The first kappa shape index (κ1) is 17.9. The van der Waals surface area contributed by atoms with Crippen molar-refractivity contribution in [1.82, 2.24) is 0 Å². The van der Waals surface area contributed by atoms with E-state index in [1.807, 2.05) is 0 Å². The average molecular weight is 394 g/mol. The molecule has 0 radical (unpaired) electrons. The van der Waals surface area contributed by atoms with Gasteiger partial charge in [0.05, 0.1) is 5.56 Å². The van der Waals surface area contributed by atoms with Crippen LogP contribution in [-0.2, 0) is 9.53 Å². The van der Waals surface area contributed by atoms with E-state index in [4.69, 9.17) is 21.1 Å². The number of carbonyl (C=O) groups is 1. The fourth-order valence-corrected chi connectivity index (χ4v) is 2.75. The highest BCUT2D eigenvalue weighted by atomic mass is 35.5. The number of benzene rings is 3. The third kappa shape index (κ3) is 3.94. The Morgan fingerprint density at radius 3 is 2.54 bits per heavy atom. The molecule has 0 spiro atoms. The van der Waals surface area contributed by atoms with Crippen molar-refractivity contribution < 1.29 is 18.7 Å². The third-order valence-corrected chi connectivity index (χ3v) is 4.19. The van der Waals surface area contributed by atoms with Gasteiger partial charge in [-0.15, -0.1) is 0 Å². The Morgan fingerprint density at radius 1 is 0.964 bits per heavy atom. The SMILES string of the molecule is O=C1OC(c2ccccc2F)=NC1=Cc1cccc(Oc2ccc(Cl)cc2)c1. The van der Waals surface area contributed by atoms with Crippen molar-refractivity contribution in [2.75, 3.05) is 0 Å². The maximum Gasteiger partial charge on any atom is 0.363 e. The monoisotopic (exact) mass is 393 g/mol. The first-order valence-electron chi connectivity index (χ1n) is 8.39. The van der Waals surface area contributed by atoms with Crippen LogP contribution in [0.3, 0.4) is 0 Å². The van der Waals surface area contributed by atoms with Crippen molar-refractivity contribution in [2.24, 2.45) is 4.99 Å². The fourth-order valence-electron chi connectivity index (χ4n) is 2.62. The zero-order chi connectivity index (χ0) is 19.5. The summed E-state index contributed by atoms with van der Waals surface area (Å²) in [5.74, 6) is 0.0227. The van der Waals surface area contributed by atoms with Gasteiger partial charge in [-0.3, -0.25) is 0 Å². The Hall–Kier alpha value is -3.44. The van der Waals surface area contributed by atoms with Crippen molar-refractivity contribution in [2.45, 2.75) is 0 Å². The fraction of sp³-hybridized carbons (Fsp3) is 0. The summed E-state index contributed by atoms with van der Waals surface area (Å²) >= 11 is 5.87. The number of hydrogen-bond donors (Lipinski definition) is 0. The van der Waals surface area contributed by atoms with Gasteiger partial charge in [0.15, 0.2) is 5.70 Å². The highest BCUT2D eigenvalue weighted by Gasteiger charge is 2.25. The summed E-state index contributed by atoms with van der Waals surface area (Å²) in [6.07, 6.45) is 1.56. The Kier molecular flexibility index (Phi) is 4.91. The molecule has 0 saturated carbocycles. The largest absolute Gasteiger partial charge is 0.457 e. The van der Waals surface area contributed by atoms with Gasteiger partial charge in [-0.25, -0.2) is 14.2 Å². The van der Waals surface area contributed by atoms with Crippen molar-refractivity contribution in [3.05, 3.63) is 100 Å². The molecule has 0 atom stereocenters. The number of ether oxygens (including phenoxy) is 2. The number of rotatable bonds is 4. The topological polar surface area (TPSA) is 47.9 Å². The third-order valence-electron chi connectivity index (χ3n) is 3.94. The van der Waals surface area contributed by atoms with E-state index in [1.54, 1.807) is 66.7 Å². The lowest BCUT2D eigenvalue weighted by molar-refractivity contribution is -0.129. The Balaban J connectivity index is 1.59. The van der Waals surface area contributed by atoms with E-state index in [9.17, 15) is 9.18 Å². The molecular formula is C22H13ClFNO3. The quantitative estimate of drug-likeness (QED) is 0.427. The molecule has 0 fully saturated rings. The normalized spacial score (nSPS) is 14.7. The summed E-state index contributed by atoms with van der Waals surface area (Å²) in [6, 6.07) is 20.1. The van der Waals surface area contributed by atoms with E-state index in [2.05, 4.69) is 4.99 Å². The van der Waals surface area contributed by atoms with Gasteiger partial charge >= 0.3 is 5.97 Å². The molecule has 0 amide bonds. The number of nitrogens with zero attached hydrogens (tertiary/aromatic N) is 1. The van der Waals surface area contributed by atoms with Gasteiger partial charge in [0, 0.05) is 5.02 Å². The number of halogens is 2. The van der Waals surface area contributed by atoms with Gasteiger partial charge in [0.1, 0.15) is 17.3 Å². The van der Waals surface area contributed by atoms with Crippen LogP contribution in [0.2, 0.25) is 5.02 Å². The first-order chi connectivity index (χ1) is 13.6. The van der Waals surface area contributed by atoms with Crippen LogP contribution in [0, 0.1) is 5.82 Å². The number of carbonyl (C=O) groups excluding carboxylic acids is 1. The van der Waals surface area contributed by atoms with Crippen molar-refractivity contribution in [3.8, 4) is 11.5 Å². The maximum absolute atomic E-state index is 13.9. The van der Waals surface area contributed by atoms with Crippen molar-refractivity contribution in [3.63, 3.8) is 0 Å². The first-order valence-corrected chi connectivity index (χ1v) is 8.77. The van der Waals surface area contributed by atoms with Gasteiger partial charge in [-0.2, -0.15) is 0 Å². The molecule has 4 rings (SSSR count). The van der Waals surface area contributed by atoms with Crippen LogP contribution in [0.4, 0.5) is 4.39 Å². The minimum atomic E-state index is -0.637. The summed E-state index contributed by atoms with van der Waals surface area (Å²) in [7, 11) is 0. The van der Waals surface area contributed by atoms with Crippen LogP contribution in [0.1, 0.15) is 11.1 Å². The lowest BCUT2D eigenvalue weighted by Crippen LogP contribution is -2.07. The Labute approximate surface area is 165 Å². The van der Waals surface area contributed by atoms with E-state index in [1.165, 1.54) is 12.1 Å². The molecule has 3 aromatic rings.